The minimum atomic E-state index is -2.86. The molecular weight excluding hydrogens is 338 g/mol. The van der Waals surface area contributed by atoms with Crippen LogP contribution in [0.1, 0.15) is 6.92 Å². The Hall–Kier alpha value is -0.360. The van der Waals surface area contributed by atoms with Gasteiger partial charge in [-0.2, -0.15) is 8.78 Å². The molecule has 0 aliphatic carbocycles. The van der Waals surface area contributed by atoms with Crippen molar-refractivity contribution in [3.63, 3.8) is 0 Å². The lowest BCUT2D eigenvalue weighted by atomic mass is 10.3. The number of alkyl halides is 2. The Morgan fingerprint density at radius 2 is 2.00 bits per heavy atom. The molecule has 0 N–H and O–H groups in total. The van der Waals surface area contributed by atoms with E-state index >= 15 is 0 Å². The first kappa shape index (κ1) is 12.7. The Balaban J connectivity index is 3.08. The first-order chi connectivity index (χ1) is 7.06. The molecule has 1 rings (SSSR count). The third-order valence-corrected chi connectivity index (χ3v) is 3.50. The zero-order valence-corrected chi connectivity index (χ0v) is 10.9. The average Bonchev–Trinajstić information content (AvgIpc) is 2.17. The number of rotatable bonds is 4. The maximum Gasteiger partial charge on any atom is 0.387 e. The Kier molecular flexibility index (Phi) is 4.79. The van der Waals surface area contributed by atoms with Crippen LogP contribution in [0.15, 0.2) is 21.1 Å². The van der Waals surface area contributed by atoms with Crippen LogP contribution in [-0.4, -0.2) is 13.2 Å². The van der Waals surface area contributed by atoms with Crippen LogP contribution >= 0.6 is 31.9 Å². The van der Waals surface area contributed by atoms with Crippen molar-refractivity contribution in [2.45, 2.75) is 13.5 Å². The third kappa shape index (κ3) is 3.31. The SMILES string of the molecule is CCOc1c(OC(F)F)ccc(Br)c1Br. The van der Waals surface area contributed by atoms with Gasteiger partial charge >= 0.3 is 6.61 Å². The predicted molar refractivity (Wildman–Crippen MR) is 59.6 cm³/mol. The normalized spacial score (nSPS) is 10.5. The molecule has 0 saturated carbocycles. The van der Waals surface area contributed by atoms with Gasteiger partial charge in [-0.25, -0.2) is 0 Å². The first-order valence-electron chi connectivity index (χ1n) is 4.11. The van der Waals surface area contributed by atoms with Crippen LogP contribution in [-0.2, 0) is 0 Å². The summed E-state index contributed by atoms with van der Waals surface area (Å²) in [5.74, 6) is 0.286. The van der Waals surface area contributed by atoms with Crippen molar-refractivity contribution in [3.05, 3.63) is 21.1 Å². The fourth-order valence-corrected chi connectivity index (χ4v) is 1.74. The summed E-state index contributed by atoms with van der Waals surface area (Å²) in [6.07, 6.45) is 0. The van der Waals surface area contributed by atoms with E-state index in [-0.39, 0.29) is 11.5 Å². The molecule has 0 fully saturated rings. The quantitative estimate of drug-likeness (QED) is 0.813. The molecule has 0 aromatic heterocycles. The highest BCUT2D eigenvalue weighted by Gasteiger charge is 2.15. The summed E-state index contributed by atoms with van der Waals surface area (Å²) in [5.41, 5.74) is 0. The van der Waals surface area contributed by atoms with Crippen LogP contribution in [0.3, 0.4) is 0 Å². The van der Waals surface area contributed by atoms with E-state index in [1.165, 1.54) is 6.07 Å². The van der Waals surface area contributed by atoms with Gasteiger partial charge in [0.2, 0.25) is 0 Å². The Morgan fingerprint density at radius 3 is 2.53 bits per heavy atom. The van der Waals surface area contributed by atoms with E-state index in [4.69, 9.17) is 4.74 Å². The minimum Gasteiger partial charge on any atom is -0.489 e. The molecule has 15 heavy (non-hydrogen) atoms. The number of halogens is 4. The van der Waals surface area contributed by atoms with E-state index < -0.39 is 6.61 Å². The monoisotopic (exact) mass is 344 g/mol. The van der Waals surface area contributed by atoms with Crippen LogP contribution in [0.4, 0.5) is 8.78 Å². The third-order valence-electron chi connectivity index (χ3n) is 1.52. The maximum atomic E-state index is 12.1. The smallest absolute Gasteiger partial charge is 0.387 e. The molecule has 0 heterocycles. The molecule has 2 nitrogen and oxygen atoms in total. The number of ether oxygens (including phenoxy) is 2. The highest BCUT2D eigenvalue weighted by molar-refractivity contribution is 9.13. The van der Waals surface area contributed by atoms with Crippen LogP contribution in [0.2, 0.25) is 0 Å². The summed E-state index contributed by atoms with van der Waals surface area (Å²) in [6.45, 7) is -0.731. The van der Waals surface area contributed by atoms with Gasteiger partial charge in [0.15, 0.2) is 11.5 Å². The zero-order chi connectivity index (χ0) is 11.4. The van der Waals surface area contributed by atoms with E-state index in [9.17, 15) is 8.78 Å². The van der Waals surface area contributed by atoms with E-state index in [0.717, 1.165) is 0 Å². The van der Waals surface area contributed by atoms with Crippen molar-refractivity contribution in [2.24, 2.45) is 0 Å². The Labute approximate surface area is 103 Å². The fraction of sp³-hybridized carbons (Fsp3) is 0.333. The molecule has 0 spiro atoms. The second-order valence-electron chi connectivity index (χ2n) is 2.50. The van der Waals surface area contributed by atoms with E-state index in [1.807, 2.05) is 0 Å². The summed E-state index contributed by atoms with van der Waals surface area (Å²) in [6, 6.07) is 3.02. The lowest BCUT2D eigenvalue weighted by Gasteiger charge is -2.13. The molecule has 0 saturated heterocycles. The van der Waals surface area contributed by atoms with E-state index in [1.54, 1.807) is 13.0 Å². The molecule has 0 unspecified atom stereocenters. The van der Waals surface area contributed by atoms with Crippen LogP contribution < -0.4 is 9.47 Å². The van der Waals surface area contributed by atoms with Crippen molar-refractivity contribution in [3.8, 4) is 11.5 Å². The zero-order valence-electron chi connectivity index (χ0n) is 7.77. The van der Waals surface area contributed by atoms with Gasteiger partial charge in [0.05, 0.1) is 11.1 Å². The number of hydrogen-bond donors (Lipinski definition) is 0. The fourth-order valence-electron chi connectivity index (χ4n) is 0.982. The van der Waals surface area contributed by atoms with Gasteiger partial charge in [-0.1, -0.05) is 0 Å². The molecule has 84 valence electrons. The molecule has 1 aromatic carbocycles. The van der Waals surface area contributed by atoms with Gasteiger partial charge in [0.25, 0.3) is 0 Å². The summed E-state index contributed by atoms with van der Waals surface area (Å²) >= 11 is 6.47. The first-order valence-corrected chi connectivity index (χ1v) is 5.70. The van der Waals surface area contributed by atoms with Crippen LogP contribution in [0, 0.1) is 0 Å². The van der Waals surface area contributed by atoms with Gasteiger partial charge in [-0.05, 0) is 50.9 Å². The average molecular weight is 346 g/mol. The van der Waals surface area contributed by atoms with E-state index in [0.29, 0.717) is 15.6 Å². The molecule has 6 heteroatoms. The van der Waals surface area contributed by atoms with Gasteiger partial charge in [0.1, 0.15) is 0 Å². The highest BCUT2D eigenvalue weighted by atomic mass is 79.9. The maximum absolute atomic E-state index is 12.1. The molecule has 0 bridgehead atoms. The lowest BCUT2D eigenvalue weighted by molar-refractivity contribution is -0.0515. The van der Waals surface area contributed by atoms with Crippen molar-refractivity contribution in [1.29, 1.82) is 0 Å². The predicted octanol–water partition coefficient (Wildman–Crippen LogP) is 4.21. The van der Waals surface area contributed by atoms with Gasteiger partial charge < -0.3 is 9.47 Å². The molecule has 0 aliphatic rings. The topological polar surface area (TPSA) is 18.5 Å². The molecular formula is C9H8Br2F2O2. The van der Waals surface area contributed by atoms with Crippen molar-refractivity contribution >= 4 is 31.9 Å². The molecule has 0 aliphatic heterocycles. The van der Waals surface area contributed by atoms with Crippen molar-refractivity contribution in [2.75, 3.05) is 6.61 Å². The molecule has 0 atom stereocenters. The van der Waals surface area contributed by atoms with Crippen LogP contribution in [0.25, 0.3) is 0 Å². The van der Waals surface area contributed by atoms with Gasteiger partial charge in [-0.15, -0.1) is 0 Å². The highest BCUT2D eigenvalue weighted by Crippen LogP contribution is 2.40. The van der Waals surface area contributed by atoms with Gasteiger partial charge in [0, 0.05) is 4.47 Å². The number of benzene rings is 1. The second kappa shape index (κ2) is 5.65. The summed E-state index contributed by atoms with van der Waals surface area (Å²) in [4.78, 5) is 0. The van der Waals surface area contributed by atoms with Crippen molar-refractivity contribution < 1.29 is 18.3 Å². The second-order valence-corrected chi connectivity index (χ2v) is 4.15. The van der Waals surface area contributed by atoms with E-state index in [2.05, 4.69) is 36.6 Å². The molecule has 1 aromatic rings. The Bertz CT molecular complexity index is 345. The summed E-state index contributed by atoms with van der Waals surface area (Å²) in [7, 11) is 0. The summed E-state index contributed by atoms with van der Waals surface area (Å²) in [5, 5.41) is 0. The Morgan fingerprint density at radius 1 is 1.33 bits per heavy atom. The molecule has 0 amide bonds. The summed E-state index contributed by atoms with van der Waals surface area (Å²) < 4.78 is 34.9. The lowest BCUT2D eigenvalue weighted by Crippen LogP contribution is -2.05. The standard InChI is InChI=1S/C9H8Br2F2O2/c1-2-14-8-6(15-9(12)13)4-3-5(10)7(8)11/h3-4,9H,2H2,1H3. The molecule has 0 radical (unpaired) electrons. The minimum absolute atomic E-state index is 0.0157. The number of hydrogen-bond acceptors (Lipinski definition) is 2. The van der Waals surface area contributed by atoms with Crippen molar-refractivity contribution in [1.82, 2.24) is 0 Å². The largest absolute Gasteiger partial charge is 0.489 e. The van der Waals surface area contributed by atoms with Gasteiger partial charge in [-0.3, -0.25) is 0 Å². The van der Waals surface area contributed by atoms with Crippen LogP contribution in [0.5, 0.6) is 11.5 Å².